The number of nitrogens with zero attached hydrogens (tertiary/aromatic N) is 3. The molecule has 1 N–H and O–H groups in total. The molecule has 0 aliphatic carbocycles. The summed E-state index contributed by atoms with van der Waals surface area (Å²) in [6, 6.07) is 9.63. The van der Waals surface area contributed by atoms with E-state index in [1.165, 1.54) is 0 Å². The molecule has 1 aliphatic rings. The van der Waals surface area contributed by atoms with Crippen LogP contribution in [0.2, 0.25) is 0 Å². The number of benzene rings is 1. The summed E-state index contributed by atoms with van der Waals surface area (Å²) in [5.41, 5.74) is 2.00. The average molecular weight is 327 g/mol. The first-order valence-electron chi connectivity index (χ1n) is 8.06. The van der Waals surface area contributed by atoms with Crippen LogP contribution >= 0.6 is 0 Å². The van der Waals surface area contributed by atoms with Crippen molar-refractivity contribution in [2.75, 3.05) is 32.9 Å². The largest absolute Gasteiger partial charge is 0.396 e. The molecule has 2 aromatic rings. The van der Waals surface area contributed by atoms with Crippen molar-refractivity contribution >= 4 is 5.91 Å². The van der Waals surface area contributed by atoms with E-state index in [2.05, 4.69) is 9.97 Å². The predicted octanol–water partition coefficient (Wildman–Crippen LogP) is 1.53. The Hall–Kier alpha value is -2.31. The number of ether oxygens (including phenoxy) is 1. The zero-order valence-corrected chi connectivity index (χ0v) is 13.7. The normalized spacial score (nSPS) is 18.2. The van der Waals surface area contributed by atoms with Gasteiger partial charge in [0.1, 0.15) is 5.82 Å². The van der Waals surface area contributed by atoms with Crippen molar-refractivity contribution in [3.05, 3.63) is 47.9 Å². The molecule has 0 saturated carbocycles. The van der Waals surface area contributed by atoms with Gasteiger partial charge in [-0.25, -0.2) is 9.97 Å². The molecule has 2 heterocycles. The second-order valence-corrected chi connectivity index (χ2v) is 5.92. The Morgan fingerprint density at radius 1 is 1.38 bits per heavy atom. The highest BCUT2D eigenvalue weighted by Crippen LogP contribution is 2.23. The summed E-state index contributed by atoms with van der Waals surface area (Å²) >= 11 is 0. The predicted molar refractivity (Wildman–Crippen MR) is 89.5 cm³/mol. The van der Waals surface area contributed by atoms with Crippen LogP contribution in [-0.2, 0) is 4.74 Å². The molecular formula is C18H21N3O3. The maximum absolute atomic E-state index is 13.0. The highest BCUT2D eigenvalue weighted by atomic mass is 16.5. The number of aryl methyl sites for hydroxylation is 1. The molecule has 1 aliphatic heterocycles. The van der Waals surface area contributed by atoms with Crippen LogP contribution in [-0.4, -0.2) is 58.8 Å². The minimum atomic E-state index is -0.127. The van der Waals surface area contributed by atoms with Gasteiger partial charge >= 0.3 is 0 Å². The van der Waals surface area contributed by atoms with E-state index in [4.69, 9.17) is 4.74 Å². The lowest BCUT2D eigenvalue weighted by Gasteiger charge is -2.23. The SMILES string of the molecule is Cc1ncc(C(=O)N2CCOC[C@@H](CO)C2)c(-c2ccccc2)n1. The molecule has 0 unspecified atom stereocenters. The second kappa shape index (κ2) is 7.51. The van der Waals surface area contributed by atoms with Crippen molar-refractivity contribution in [1.29, 1.82) is 0 Å². The van der Waals surface area contributed by atoms with Gasteiger partial charge in [0.2, 0.25) is 0 Å². The number of aliphatic hydroxyl groups is 1. The summed E-state index contributed by atoms with van der Waals surface area (Å²) in [4.78, 5) is 23.4. The maximum Gasteiger partial charge on any atom is 0.257 e. The van der Waals surface area contributed by atoms with Crippen LogP contribution in [0.25, 0.3) is 11.3 Å². The molecule has 1 aromatic heterocycles. The Balaban J connectivity index is 1.95. The molecule has 1 fully saturated rings. The fourth-order valence-electron chi connectivity index (χ4n) is 2.79. The van der Waals surface area contributed by atoms with Crippen LogP contribution in [0, 0.1) is 12.8 Å². The molecule has 1 saturated heterocycles. The molecule has 0 radical (unpaired) electrons. The third kappa shape index (κ3) is 3.60. The quantitative estimate of drug-likeness (QED) is 0.925. The van der Waals surface area contributed by atoms with Crippen molar-refractivity contribution < 1.29 is 14.6 Å². The van der Waals surface area contributed by atoms with Crippen molar-refractivity contribution in [2.24, 2.45) is 5.92 Å². The van der Waals surface area contributed by atoms with Crippen LogP contribution in [0.1, 0.15) is 16.2 Å². The molecule has 3 rings (SSSR count). The van der Waals surface area contributed by atoms with Crippen molar-refractivity contribution in [2.45, 2.75) is 6.92 Å². The molecule has 6 heteroatoms. The molecule has 0 spiro atoms. The van der Waals surface area contributed by atoms with Gasteiger partial charge < -0.3 is 14.7 Å². The van der Waals surface area contributed by atoms with E-state index < -0.39 is 0 Å². The lowest BCUT2D eigenvalue weighted by molar-refractivity contribution is 0.0728. The fourth-order valence-corrected chi connectivity index (χ4v) is 2.79. The number of hydrogen-bond donors (Lipinski definition) is 1. The number of amides is 1. The summed E-state index contributed by atoms with van der Waals surface area (Å²) in [5, 5.41) is 9.41. The molecule has 1 amide bonds. The number of hydrogen-bond acceptors (Lipinski definition) is 5. The summed E-state index contributed by atoms with van der Waals surface area (Å²) in [6.45, 7) is 3.71. The standard InChI is InChI=1S/C18H21N3O3/c1-13-19-9-16(17(20-13)15-5-3-2-4-6-15)18(23)21-7-8-24-12-14(10-21)11-22/h2-6,9,14,22H,7-8,10-12H2,1H3/t14-/m1/s1. The van der Waals surface area contributed by atoms with Crippen LogP contribution in [0.5, 0.6) is 0 Å². The van der Waals surface area contributed by atoms with Gasteiger partial charge in [-0.3, -0.25) is 4.79 Å². The van der Waals surface area contributed by atoms with Gasteiger partial charge in [-0.15, -0.1) is 0 Å². The Morgan fingerprint density at radius 3 is 2.92 bits per heavy atom. The summed E-state index contributed by atoms with van der Waals surface area (Å²) in [5.74, 6) is 0.429. The average Bonchev–Trinajstić information content (AvgIpc) is 2.87. The summed E-state index contributed by atoms with van der Waals surface area (Å²) in [6.07, 6.45) is 1.59. The summed E-state index contributed by atoms with van der Waals surface area (Å²) in [7, 11) is 0. The van der Waals surface area contributed by atoms with Crippen molar-refractivity contribution in [3.8, 4) is 11.3 Å². The first kappa shape index (κ1) is 16.5. The van der Waals surface area contributed by atoms with Gasteiger partial charge in [0, 0.05) is 37.4 Å². The molecule has 1 aromatic carbocycles. The smallest absolute Gasteiger partial charge is 0.257 e. The molecule has 24 heavy (non-hydrogen) atoms. The van der Waals surface area contributed by atoms with Gasteiger partial charge in [0.25, 0.3) is 5.91 Å². The second-order valence-electron chi connectivity index (χ2n) is 5.92. The topological polar surface area (TPSA) is 75.6 Å². The van der Waals surface area contributed by atoms with Gasteiger partial charge in [-0.2, -0.15) is 0 Å². The molecule has 1 atom stereocenters. The molecule has 6 nitrogen and oxygen atoms in total. The number of rotatable bonds is 3. The third-order valence-electron chi connectivity index (χ3n) is 4.07. The lowest BCUT2D eigenvalue weighted by atomic mass is 10.1. The molecular weight excluding hydrogens is 306 g/mol. The van der Waals surface area contributed by atoms with Gasteiger partial charge in [0.05, 0.1) is 24.5 Å². The van der Waals surface area contributed by atoms with Crippen LogP contribution < -0.4 is 0 Å². The first-order chi connectivity index (χ1) is 11.7. The molecule has 0 bridgehead atoms. The van der Waals surface area contributed by atoms with E-state index in [0.29, 0.717) is 43.4 Å². The van der Waals surface area contributed by atoms with Gasteiger partial charge in [0.15, 0.2) is 0 Å². The minimum Gasteiger partial charge on any atom is -0.396 e. The van der Waals surface area contributed by atoms with E-state index in [9.17, 15) is 9.90 Å². The number of carbonyl (C=O) groups is 1. The van der Waals surface area contributed by atoms with E-state index in [1.807, 2.05) is 37.3 Å². The van der Waals surface area contributed by atoms with Gasteiger partial charge in [-0.1, -0.05) is 30.3 Å². The Kier molecular flexibility index (Phi) is 5.17. The van der Waals surface area contributed by atoms with E-state index in [1.54, 1.807) is 11.1 Å². The third-order valence-corrected chi connectivity index (χ3v) is 4.07. The van der Waals surface area contributed by atoms with Crippen molar-refractivity contribution in [1.82, 2.24) is 14.9 Å². The summed E-state index contributed by atoms with van der Waals surface area (Å²) < 4.78 is 5.46. The van der Waals surface area contributed by atoms with E-state index in [0.717, 1.165) is 5.56 Å². The van der Waals surface area contributed by atoms with Crippen LogP contribution in [0.3, 0.4) is 0 Å². The number of carbonyl (C=O) groups excluding carboxylic acids is 1. The lowest BCUT2D eigenvalue weighted by Crippen LogP contribution is -2.37. The van der Waals surface area contributed by atoms with Gasteiger partial charge in [-0.05, 0) is 6.92 Å². The Labute approximate surface area is 141 Å². The molecule has 126 valence electrons. The fraction of sp³-hybridized carbons (Fsp3) is 0.389. The highest BCUT2D eigenvalue weighted by molar-refractivity contribution is 5.99. The minimum absolute atomic E-state index is 0.000278. The zero-order valence-electron chi connectivity index (χ0n) is 13.7. The van der Waals surface area contributed by atoms with E-state index >= 15 is 0 Å². The zero-order chi connectivity index (χ0) is 16.9. The van der Waals surface area contributed by atoms with Crippen LogP contribution in [0.4, 0.5) is 0 Å². The van der Waals surface area contributed by atoms with Crippen LogP contribution in [0.15, 0.2) is 36.5 Å². The van der Waals surface area contributed by atoms with Crippen molar-refractivity contribution in [3.63, 3.8) is 0 Å². The Bertz CT molecular complexity index is 706. The van der Waals surface area contributed by atoms with E-state index in [-0.39, 0.29) is 18.4 Å². The highest BCUT2D eigenvalue weighted by Gasteiger charge is 2.25. The maximum atomic E-state index is 13.0. The number of aliphatic hydroxyl groups excluding tert-OH is 1. The first-order valence-corrected chi connectivity index (χ1v) is 8.06. The Morgan fingerprint density at radius 2 is 2.17 bits per heavy atom. The number of aromatic nitrogens is 2. The monoisotopic (exact) mass is 327 g/mol.